The van der Waals surface area contributed by atoms with Crippen molar-refractivity contribution in [3.05, 3.63) is 64.7 Å². The van der Waals surface area contributed by atoms with Gasteiger partial charge >= 0.3 is 0 Å². The van der Waals surface area contributed by atoms with Gasteiger partial charge in [-0.1, -0.05) is 12.1 Å². The third-order valence-corrected chi connectivity index (χ3v) is 4.11. The van der Waals surface area contributed by atoms with Gasteiger partial charge in [0, 0.05) is 11.3 Å². The van der Waals surface area contributed by atoms with Crippen LogP contribution in [0.3, 0.4) is 0 Å². The van der Waals surface area contributed by atoms with Crippen LogP contribution in [0.2, 0.25) is 0 Å². The maximum Gasteiger partial charge on any atom is 0.251 e. The first-order chi connectivity index (χ1) is 11.8. The fourth-order valence-corrected chi connectivity index (χ4v) is 2.71. The minimum absolute atomic E-state index is 0.130. The predicted octanol–water partition coefficient (Wildman–Crippen LogP) is 2.31. The third kappa shape index (κ3) is 3.51. The molecule has 0 saturated carbocycles. The quantitative estimate of drug-likeness (QED) is 0.795. The van der Waals surface area contributed by atoms with Crippen molar-refractivity contribution in [3.8, 4) is 0 Å². The predicted molar refractivity (Wildman–Crippen MR) is 87.0 cm³/mol. The maximum atomic E-state index is 13.3. The van der Waals surface area contributed by atoms with Gasteiger partial charge in [0.2, 0.25) is 5.91 Å². The molecule has 0 aromatic heterocycles. The standard InChI is InChI=1S/C18H16F2N2O3/c1-9(17(24)11-4-5-13(19)14(20)6-11)21-18(25)12-3-2-10-8-16(23)22-15(10)7-12/h2-7,9,17,24H,8H2,1H3,(H,21,25)(H,22,23)/t9-,17-/m1/s1. The Morgan fingerprint density at radius 2 is 1.96 bits per heavy atom. The molecule has 1 heterocycles. The SMILES string of the molecule is C[C@@H](NC(=O)c1ccc2c(c1)NC(=O)C2)[C@@H](O)c1ccc(F)c(F)c1. The number of hydrogen-bond donors (Lipinski definition) is 3. The number of aliphatic hydroxyl groups excluding tert-OH is 1. The molecule has 0 spiro atoms. The van der Waals surface area contributed by atoms with Gasteiger partial charge in [-0.2, -0.15) is 0 Å². The van der Waals surface area contributed by atoms with E-state index in [1.165, 1.54) is 6.07 Å². The van der Waals surface area contributed by atoms with Gasteiger partial charge in [0.05, 0.1) is 18.6 Å². The second-order valence-corrected chi connectivity index (χ2v) is 5.98. The summed E-state index contributed by atoms with van der Waals surface area (Å²) in [7, 11) is 0. The molecule has 2 aromatic rings. The molecule has 130 valence electrons. The van der Waals surface area contributed by atoms with E-state index >= 15 is 0 Å². The summed E-state index contributed by atoms with van der Waals surface area (Å²) >= 11 is 0. The van der Waals surface area contributed by atoms with Crippen LogP contribution in [0, 0.1) is 11.6 Å². The molecule has 0 bridgehead atoms. The summed E-state index contributed by atoms with van der Waals surface area (Å²) in [4.78, 5) is 23.7. The molecule has 1 aliphatic heterocycles. The van der Waals surface area contributed by atoms with E-state index in [9.17, 15) is 23.5 Å². The summed E-state index contributed by atoms with van der Waals surface area (Å²) in [5.74, 6) is -2.65. The number of fused-ring (bicyclic) bond motifs is 1. The highest BCUT2D eigenvalue weighted by Gasteiger charge is 2.22. The van der Waals surface area contributed by atoms with Crippen molar-refractivity contribution in [1.29, 1.82) is 0 Å². The molecule has 5 nitrogen and oxygen atoms in total. The molecular formula is C18H16F2N2O3. The molecule has 1 aliphatic rings. The lowest BCUT2D eigenvalue weighted by Gasteiger charge is -2.21. The van der Waals surface area contributed by atoms with Gasteiger partial charge in [-0.3, -0.25) is 9.59 Å². The van der Waals surface area contributed by atoms with Gasteiger partial charge in [-0.25, -0.2) is 8.78 Å². The molecule has 7 heteroatoms. The molecule has 25 heavy (non-hydrogen) atoms. The van der Waals surface area contributed by atoms with Crippen molar-refractivity contribution in [1.82, 2.24) is 5.32 Å². The van der Waals surface area contributed by atoms with Gasteiger partial charge in [0.25, 0.3) is 5.91 Å². The Labute approximate surface area is 142 Å². The number of carbonyl (C=O) groups excluding carboxylic acids is 2. The zero-order chi connectivity index (χ0) is 18.1. The van der Waals surface area contributed by atoms with Crippen molar-refractivity contribution in [3.63, 3.8) is 0 Å². The molecular weight excluding hydrogens is 330 g/mol. The van der Waals surface area contributed by atoms with Crippen molar-refractivity contribution in [2.45, 2.75) is 25.5 Å². The molecule has 2 atom stereocenters. The van der Waals surface area contributed by atoms with E-state index in [4.69, 9.17) is 0 Å². The van der Waals surface area contributed by atoms with E-state index < -0.39 is 29.7 Å². The van der Waals surface area contributed by atoms with E-state index in [0.29, 0.717) is 11.3 Å². The van der Waals surface area contributed by atoms with Gasteiger partial charge in [0.15, 0.2) is 11.6 Å². The van der Waals surface area contributed by atoms with E-state index in [1.54, 1.807) is 25.1 Å². The van der Waals surface area contributed by atoms with Gasteiger partial charge in [0.1, 0.15) is 0 Å². The molecule has 3 rings (SSSR count). The number of amides is 2. The highest BCUT2D eigenvalue weighted by Crippen LogP contribution is 2.24. The summed E-state index contributed by atoms with van der Waals surface area (Å²) in [6.45, 7) is 1.55. The smallest absolute Gasteiger partial charge is 0.251 e. The normalized spacial score (nSPS) is 15.3. The van der Waals surface area contributed by atoms with E-state index in [2.05, 4.69) is 10.6 Å². The Morgan fingerprint density at radius 1 is 1.20 bits per heavy atom. The zero-order valence-corrected chi connectivity index (χ0v) is 13.3. The average Bonchev–Trinajstić information content (AvgIpc) is 2.95. The molecule has 0 saturated heterocycles. The number of rotatable bonds is 4. The van der Waals surface area contributed by atoms with E-state index in [0.717, 1.165) is 17.7 Å². The van der Waals surface area contributed by atoms with Crippen LogP contribution in [0.4, 0.5) is 14.5 Å². The Balaban J connectivity index is 1.71. The van der Waals surface area contributed by atoms with E-state index in [1.807, 2.05) is 0 Å². The number of hydrogen-bond acceptors (Lipinski definition) is 3. The lowest BCUT2D eigenvalue weighted by atomic mass is 10.0. The number of halogens is 2. The monoisotopic (exact) mass is 346 g/mol. The van der Waals surface area contributed by atoms with Crippen molar-refractivity contribution >= 4 is 17.5 Å². The van der Waals surface area contributed by atoms with Crippen molar-refractivity contribution < 1.29 is 23.5 Å². The maximum absolute atomic E-state index is 13.3. The van der Waals surface area contributed by atoms with Crippen molar-refractivity contribution in [2.75, 3.05) is 5.32 Å². The van der Waals surface area contributed by atoms with Crippen LogP contribution in [0.15, 0.2) is 36.4 Å². The molecule has 2 aromatic carbocycles. The Kier molecular flexibility index (Phi) is 4.50. The largest absolute Gasteiger partial charge is 0.386 e. The third-order valence-electron chi connectivity index (χ3n) is 4.11. The molecule has 2 amide bonds. The van der Waals surface area contributed by atoms with Crippen molar-refractivity contribution in [2.24, 2.45) is 0 Å². The summed E-state index contributed by atoms with van der Waals surface area (Å²) in [6, 6.07) is 7.19. The highest BCUT2D eigenvalue weighted by atomic mass is 19.2. The molecule has 0 aliphatic carbocycles. The number of carbonyl (C=O) groups is 2. The van der Waals surface area contributed by atoms with Crippen LogP contribution in [0.5, 0.6) is 0 Å². The first-order valence-electron chi connectivity index (χ1n) is 7.72. The van der Waals surface area contributed by atoms with Crippen LogP contribution >= 0.6 is 0 Å². The summed E-state index contributed by atoms with van der Waals surface area (Å²) in [5, 5.41) is 15.5. The van der Waals surface area contributed by atoms with Crippen LogP contribution in [0.25, 0.3) is 0 Å². The lowest BCUT2D eigenvalue weighted by Crippen LogP contribution is -2.37. The van der Waals surface area contributed by atoms with E-state index in [-0.39, 0.29) is 17.9 Å². The lowest BCUT2D eigenvalue weighted by molar-refractivity contribution is -0.115. The Morgan fingerprint density at radius 3 is 2.68 bits per heavy atom. The fourth-order valence-electron chi connectivity index (χ4n) is 2.71. The highest BCUT2D eigenvalue weighted by molar-refractivity contribution is 6.02. The minimum atomic E-state index is -1.20. The van der Waals surface area contributed by atoms with Crippen LogP contribution in [-0.2, 0) is 11.2 Å². The number of benzene rings is 2. The van der Waals surface area contributed by atoms with Crippen LogP contribution < -0.4 is 10.6 Å². The summed E-state index contributed by atoms with van der Waals surface area (Å²) in [6.07, 6.45) is -0.921. The van der Waals surface area contributed by atoms with Crippen LogP contribution in [-0.4, -0.2) is 23.0 Å². The van der Waals surface area contributed by atoms with Gasteiger partial charge in [-0.05, 0) is 42.3 Å². The minimum Gasteiger partial charge on any atom is -0.386 e. The van der Waals surface area contributed by atoms with Gasteiger partial charge < -0.3 is 15.7 Å². The average molecular weight is 346 g/mol. The number of aliphatic hydroxyl groups is 1. The zero-order valence-electron chi connectivity index (χ0n) is 13.3. The first kappa shape index (κ1) is 17.0. The molecule has 0 radical (unpaired) electrons. The fraction of sp³-hybridized carbons (Fsp3) is 0.222. The summed E-state index contributed by atoms with van der Waals surface area (Å²) < 4.78 is 26.3. The Hall–Kier alpha value is -2.80. The first-order valence-corrected chi connectivity index (χ1v) is 7.72. The number of anilines is 1. The second-order valence-electron chi connectivity index (χ2n) is 5.98. The molecule has 0 unspecified atom stereocenters. The molecule has 0 fully saturated rings. The Bertz CT molecular complexity index is 854. The number of nitrogens with one attached hydrogen (secondary N) is 2. The summed E-state index contributed by atoms with van der Waals surface area (Å²) in [5.41, 5.74) is 1.89. The molecule has 3 N–H and O–H groups in total. The second kappa shape index (κ2) is 6.60. The van der Waals surface area contributed by atoms with Crippen LogP contribution in [0.1, 0.15) is 34.5 Å². The van der Waals surface area contributed by atoms with Gasteiger partial charge in [-0.15, -0.1) is 0 Å². The topological polar surface area (TPSA) is 78.4 Å².